The molecule has 0 unspecified atom stereocenters. The van der Waals surface area contributed by atoms with Crippen LogP contribution in [0.25, 0.3) is 11.0 Å². The molecule has 0 aliphatic heterocycles. The van der Waals surface area contributed by atoms with Gasteiger partial charge < -0.3 is 9.47 Å². The van der Waals surface area contributed by atoms with Gasteiger partial charge >= 0.3 is 11.9 Å². The first kappa shape index (κ1) is 21.8. The highest BCUT2D eigenvalue weighted by Gasteiger charge is 2.19. The Morgan fingerprint density at radius 2 is 1.11 bits per heavy atom. The first-order valence-corrected chi connectivity index (χ1v) is 9.61. The lowest BCUT2D eigenvalue weighted by Gasteiger charge is -2.20. The number of para-hydroxylation sites is 2. The summed E-state index contributed by atoms with van der Waals surface area (Å²) < 4.78 is 10.8. The Hall–Kier alpha value is -2.50. The van der Waals surface area contributed by atoms with Crippen molar-refractivity contribution in [2.45, 2.75) is 78.4 Å². The van der Waals surface area contributed by atoms with Crippen LogP contribution in [0.2, 0.25) is 0 Å². The Labute approximate surface area is 166 Å². The van der Waals surface area contributed by atoms with Gasteiger partial charge in [0.1, 0.15) is 11.2 Å². The van der Waals surface area contributed by atoms with Crippen molar-refractivity contribution in [3.05, 3.63) is 35.7 Å². The third kappa shape index (κ3) is 7.25. The van der Waals surface area contributed by atoms with Crippen LogP contribution in [0.1, 0.15) is 65.8 Å². The summed E-state index contributed by atoms with van der Waals surface area (Å²) in [5.74, 6) is -0.555. The molecule has 0 atom stereocenters. The van der Waals surface area contributed by atoms with E-state index in [-0.39, 0.29) is 24.8 Å². The van der Waals surface area contributed by atoms with E-state index in [0.717, 1.165) is 11.0 Å². The van der Waals surface area contributed by atoms with Gasteiger partial charge in [-0.15, -0.1) is 0 Å². The summed E-state index contributed by atoms with van der Waals surface area (Å²) >= 11 is 0. The number of hydrogen-bond acceptors (Lipinski definition) is 6. The van der Waals surface area contributed by atoms with Gasteiger partial charge in [-0.1, -0.05) is 12.1 Å². The number of nitrogens with zero attached hydrogens (tertiary/aromatic N) is 2. The van der Waals surface area contributed by atoms with Gasteiger partial charge in [-0.3, -0.25) is 9.59 Å². The number of aromatic nitrogens is 2. The van der Waals surface area contributed by atoms with Gasteiger partial charge in [0.05, 0.1) is 35.3 Å². The molecule has 0 amide bonds. The topological polar surface area (TPSA) is 78.4 Å². The zero-order chi connectivity index (χ0) is 20.9. The molecule has 0 radical (unpaired) electrons. The number of carbonyl (C=O) groups is 2. The predicted octanol–water partition coefficient (Wildman–Crippen LogP) is 4.18. The van der Waals surface area contributed by atoms with Crippen molar-refractivity contribution in [2.75, 3.05) is 0 Å². The minimum absolute atomic E-state index is 0.212. The summed E-state index contributed by atoms with van der Waals surface area (Å²) in [6.07, 6.45) is 1.25. The van der Waals surface area contributed by atoms with E-state index >= 15 is 0 Å². The first-order valence-electron chi connectivity index (χ1n) is 9.61. The number of aryl methyl sites for hydroxylation is 2. The molecule has 1 aromatic heterocycles. The molecule has 6 heteroatoms. The van der Waals surface area contributed by atoms with Gasteiger partial charge in [-0.2, -0.15) is 0 Å². The smallest absolute Gasteiger partial charge is 0.306 e. The Kier molecular flexibility index (Phi) is 6.75. The number of benzene rings is 1. The van der Waals surface area contributed by atoms with Crippen molar-refractivity contribution in [2.24, 2.45) is 0 Å². The maximum Gasteiger partial charge on any atom is 0.306 e. The zero-order valence-corrected chi connectivity index (χ0v) is 17.7. The Bertz CT molecular complexity index is 777. The SMILES string of the molecule is CC(C)(C)OC(=O)CCc1nc2ccccc2nc1CCC(=O)OC(C)(C)C. The van der Waals surface area contributed by atoms with Gasteiger partial charge in [0, 0.05) is 12.8 Å². The lowest BCUT2D eigenvalue weighted by molar-refractivity contribution is -0.156. The number of carbonyl (C=O) groups excluding carboxylic acids is 2. The third-order valence-corrected chi connectivity index (χ3v) is 3.70. The molecular formula is C22H30N2O4. The fourth-order valence-corrected chi connectivity index (χ4v) is 2.70. The van der Waals surface area contributed by atoms with Gasteiger partial charge in [0.25, 0.3) is 0 Å². The van der Waals surface area contributed by atoms with Gasteiger partial charge in [0.2, 0.25) is 0 Å². The molecule has 1 heterocycles. The number of ether oxygens (including phenoxy) is 2. The molecule has 152 valence electrons. The van der Waals surface area contributed by atoms with Crippen LogP contribution < -0.4 is 0 Å². The second-order valence-corrected chi connectivity index (χ2v) is 8.78. The molecule has 0 aliphatic rings. The second-order valence-electron chi connectivity index (χ2n) is 8.78. The van der Waals surface area contributed by atoms with Gasteiger partial charge in [0.15, 0.2) is 0 Å². The summed E-state index contributed by atoms with van der Waals surface area (Å²) in [6.45, 7) is 11.0. The molecule has 2 rings (SSSR count). The molecule has 0 fully saturated rings. The molecule has 0 spiro atoms. The lowest BCUT2D eigenvalue weighted by Crippen LogP contribution is -2.24. The molecule has 6 nitrogen and oxygen atoms in total. The highest BCUT2D eigenvalue weighted by molar-refractivity contribution is 5.75. The van der Waals surface area contributed by atoms with Crippen LogP contribution in [0.5, 0.6) is 0 Å². The van der Waals surface area contributed by atoms with E-state index in [1.165, 1.54) is 0 Å². The lowest BCUT2D eigenvalue weighted by atomic mass is 10.1. The van der Waals surface area contributed by atoms with E-state index in [0.29, 0.717) is 24.2 Å². The summed E-state index contributed by atoms with van der Waals surface area (Å²) in [5.41, 5.74) is 1.92. The molecule has 0 saturated carbocycles. The van der Waals surface area contributed by atoms with Crippen molar-refractivity contribution in [3.8, 4) is 0 Å². The largest absolute Gasteiger partial charge is 0.460 e. The average Bonchev–Trinajstić information content (AvgIpc) is 2.54. The molecule has 28 heavy (non-hydrogen) atoms. The zero-order valence-electron chi connectivity index (χ0n) is 17.7. The molecule has 0 bridgehead atoms. The van der Waals surface area contributed by atoms with Gasteiger partial charge in [-0.25, -0.2) is 9.97 Å². The minimum atomic E-state index is -0.522. The van der Waals surface area contributed by atoms with Crippen LogP contribution in [0.4, 0.5) is 0 Å². The molecule has 2 aromatic rings. The van der Waals surface area contributed by atoms with Crippen LogP contribution in [0.15, 0.2) is 24.3 Å². The fraction of sp³-hybridized carbons (Fsp3) is 0.545. The summed E-state index contributed by atoms with van der Waals surface area (Å²) in [5, 5.41) is 0. The van der Waals surface area contributed by atoms with Crippen LogP contribution in [-0.2, 0) is 31.9 Å². The second kappa shape index (κ2) is 8.67. The first-order chi connectivity index (χ1) is 12.9. The molecule has 1 aromatic carbocycles. The van der Waals surface area contributed by atoms with Crippen molar-refractivity contribution < 1.29 is 19.1 Å². The summed E-state index contributed by atoms with van der Waals surface area (Å²) in [4.78, 5) is 33.5. The maximum atomic E-state index is 12.1. The average molecular weight is 386 g/mol. The quantitative estimate of drug-likeness (QED) is 0.693. The number of rotatable bonds is 6. The van der Waals surface area contributed by atoms with Crippen molar-refractivity contribution in [1.29, 1.82) is 0 Å². The monoisotopic (exact) mass is 386 g/mol. The van der Waals surface area contributed by atoms with E-state index < -0.39 is 11.2 Å². The Morgan fingerprint density at radius 1 is 0.750 bits per heavy atom. The van der Waals surface area contributed by atoms with Gasteiger partial charge in [-0.05, 0) is 53.7 Å². The summed E-state index contributed by atoms with van der Waals surface area (Å²) in [6, 6.07) is 7.57. The number of hydrogen-bond donors (Lipinski definition) is 0. The fourth-order valence-electron chi connectivity index (χ4n) is 2.70. The Morgan fingerprint density at radius 3 is 1.43 bits per heavy atom. The standard InChI is InChI=1S/C22H30N2O4/c1-21(2,3)27-19(25)13-11-17-18(12-14-20(26)28-22(4,5)6)24-16-10-8-7-9-15(16)23-17/h7-10H,11-14H2,1-6H3. The number of esters is 2. The molecular weight excluding hydrogens is 356 g/mol. The number of fused-ring (bicyclic) bond motifs is 1. The molecule has 0 N–H and O–H groups in total. The Balaban J connectivity index is 2.16. The van der Waals surface area contributed by atoms with Crippen LogP contribution in [0.3, 0.4) is 0 Å². The van der Waals surface area contributed by atoms with E-state index in [1.807, 2.05) is 65.8 Å². The van der Waals surface area contributed by atoms with Crippen LogP contribution in [-0.4, -0.2) is 33.1 Å². The minimum Gasteiger partial charge on any atom is -0.460 e. The van der Waals surface area contributed by atoms with Crippen molar-refractivity contribution in [3.63, 3.8) is 0 Å². The maximum absolute atomic E-state index is 12.1. The molecule has 0 saturated heterocycles. The normalized spacial score (nSPS) is 12.1. The highest BCUT2D eigenvalue weighted by Crippen LogP contribution is 2.18. The van der Waals surface area contributed by atoms with E-state index in [4.69, 9.17) is 9.47 Å². The van der Waals surface area contributed by atoms with Crippen molar-refractivity contribution >= 4 is 23.0 Å². The summed E-state index contributed by atoms with van der Waals surface area (Å²) in [7, 11) is 0. The van der Waals surface area contributed by atoms with Crippen LogP contribution in [0, 0.1) is 0 Å². The van der Waals surface area contributed by atoms with Crippen LogP contribution >= 0.6 is 0 Å². The highest BCUT2D eigenvalue weighted by atomic mass is 16.6. The predicted molar refractivity (Wildman–Crippen MR) is 108 cm³/mol. The van der Waals surface area contributed by atoms with E-state index in [9.17, 15) is 9.59 Å². The van der Waals surface area contributed by atoms with E-state index in [1.54, 1.807) is 0 Å². The van der Waals surface area contributed by atoms with E-state index in [2.05, 4.69) is 9.97 Å². The van der Waals surface area contributed by atoms with Crippen molar-refractivity contribution in [1.82, 2.24) is 9.97 Å². The third-order valence-electron chi connectivity index (χ3n) is 3.70. The molecule has 0 aliphatic carbocycles.